The number of benzene rings is 1. The van der Waals surface area contributed by atoms with Gasteiger partial charge < -0.3 is 5.32 Å². The summed E-state index contributed by atoms with van der Waals surface area (Å²) in [5.74, 6) is 0.881. The molecular formula is C18H21N5O2. The number of fused-ring (bicyclic) bond motifs is 1. The van der Waals surface area contributed by atoms with Gasteiger partial charge in [-0.25, -0.2) is 0 Å². The number of nitrogens with zero attached hydrogens (tertiary/aromatic N) is 3. The van der Waals surface area contributed by atoms with Crippen molar-refractivity contribution in [2.24, 2.45) is 0 Å². The van der Waals surface area contributed by atoms with Crippen molar-refractivity contribution < 1.29 is 4.79 Å². The second-order valence-corrected chi connectivity index (χ2v) is 6.92. The van der Waals surface area contributed by atoms with Crippen LogP contribution in [0.2, 0.25) is 0 Å². The van der Waals surface area contributed by atoms with Gasteiger partial charge in [0, 0.05) is 18.1 Å². The molecule has 0 saturated carbocycles. The normalized spacial score (nSPS) is 11.7. The topological polar surface area (TPSA) is 92.1 Å². The Hall–Kier alpha value is -2.96. The maximum atomic E-state index is 12.5. The first-order valence-corrected chi connectivity index (χ1v) is 8.19. The number of nitrogens with one attached hydrogen (secondary N) is 2. The molecule has 0 aliphatic carbocycles. The minimum atomic E-state index is -0.346. The highest BCUT2D eigenvalue weighted by Crippen LogP contribution is 2.22. The second kappa shape index (κ2) is 6.16. The van der Waals surface area contributed by atoms with Crippen molar-refractivity contribution in [3.05, 3.63) is 57.6 Å². The summed E-state index contributed by atoms with van der Waals surface area (Å²) in [6.07, 6.45) is 0.630. The number of rotatable bonds is 3. The first kappa shape index (κ1) is 16.9. The van der Waals surface area contributed by atoms with E-state index < -0.39 is 0 Å². The molecule has 0 saturated heterocycles. The van der Waals surface area contributed by atoms with Crippen LogP contribution >= 0.6 is 0 Å². The summed E-state index contributed by atoms with van der Waals surface area (Å²) in [7, 11) is 0. The van der Waals surface area contributed by atoms with E-state index in [0.29, 0.717) is 23.6 Å². The second-order valence-electron chi connectivity index (χ2n) is 6.92. The van der Waals surface area contributed by atoms with Gasteiger partial charge >= 0.3 is 0 Å². The monoisotopic (exact) mass is 339 g/mol. The number of aryl methyl sites for hydroxylation is 1. The molecule has 1 aromatic carbocycles. The lowest BCUT2D eigenvalue weighted by Crippen LogP contribution is -2.19. The Morgan fingerprint density at radius 2 is 1.92 bits per heavy atom. The Morgan fingerprint density at radius 1 is 1.24 bits per heavy atom. The van der Waals surface area contributed by atoms with Gasteiger partial charge in [0.1, 0.15) is 5.82 Å². The summed E-state index contributed by atoms with van der Waals surface area (Å²) < 4.78 is 1.43. The van der Waals surface area contributed by atoms with Crippen molar-refractivity contribution in [3.8, 4) is 0 Å². The number of amides is 1. The van der Waals surface area contributed by atoms with Gasteiger partial charge in [-0.05, 0) is 23.1 Å². The van der Waals surface area contributed by atoms with Crippen molar-refractivity contribution in [2.75, 3.05) is 5.32 Å². The van der Waals surface area contributed by atoms with Crippen LogP contribution in [0.5, 0.6) is 0 Å². The summed E-state index contributed by atoms with van der Waals surface area (Å²) in [5.41, 5.74) is 1.33. The molecule has 0 radical (unpaired) electrons. The van der Waals surface area contributed by atoms with Crippen LogP contribution in [0.15, 0.2) is 35.1 Å². The SMILES string of the molecule is CCc1nc2[nH]c(=O)cc(NC(=O)c3ccc(C(C)(C)C)cc3)n2n1. The number of anilines is 1. The van der Waals surface area contributed by atoms with Gasteiger partial charge in [0.25, 0.3) is 11.5 Å². The van der Waals surface area contributed by atoms with Gasteiger partial charge in [-0.3, -0.25) is 14.6 Å². The summed E-state index contributed by atoms with van der Waals surface area (Å²) in [6, 6.07) is 8.72. The van der Waals surface area contributed by atoms with E-state index in [1.807, 2.05) is 19.1 Å². The van der Waals surface area contributed by atoms with E-state index >= 15 is 0 Å². The minimum Gasteiger partial charge on any atom is -0.306 e. The summed E-state index contributed by atoms with van der Waals surface area (Å²) in [6.45, 7) is 8.27. The fourth-order valence-electron chi connectivity index (χ4n) is 2.48. The van der Waals surface area contributed by atoms with Crippen LogP contribution in [-0.2, 0) is 11.8 Å². The highest BCUT2D eigenvalue weighted by Gasteiger charge is 2.16. The lowest BCUT2D eigenvalue weighted by Gasteiger charge is -2.19. The Morgan fingerprint density at radius 3 is 2.52 bits per heavy atom. The molecular weight excluding hydrogens is 318 g/mol. The zero-order valence-corrected chi connectivity index (χ0v) is 14.8. The van der Waals surface area contributed by atoms with E-state index in [1.54, 1.807) is 12.1 Å². The van der Waals surface area contributed by atoms with Crippen molar-refractivity contribution in [2.45, 2.75) is 39.5 Å². The fraction of sp³-hybridized carbons (Fsp3) is 0.333. The standard InChI is InChI=1S/C18H21N5O2/c1-5-13-19-17-21-15(24)10-14(23(17)22-13)20-16(25)11-6-8-12(9-7-11)18(2,3)4/h6-10H,5H2,1-4H3,(H,20,25)(H,19,21,22,24). The number of aromatic amines is 1. The smallest absolute Gasteiger partial charge is 0.256 e. The molecule has 2 aromatic heterocycles. The lowest BCUT2D eigenvalue weighted by molar-refractivity contribution is 0.102. The number of hydrogen-bond acceptors (Lipinski definition) is 4. The van der Waals surface area contributed by atoms with E-state index in [9.17, 15) is 9.59 Å². The molecule has 0 spiro atoms. The molecule has 0 aliphatic rings. The van der Waals surface area contributed by atoms with Crippen LogP contribution in [0.4, 0.5) is 5.82 Å². The Kier molecular flexibility index (Phi) is 4.16. The van der Waals surface area contributed by atoms with E-state index in [-0.39, 0.29) is 22.7 Å². The maximum absolute atomic E-state index is 12.5. The number of carbonyl (C=O) groups is 1. The molecule has 3 aromatic rings. The third kappa shape index (κ3) is 3.45. The number of H-pyrrole nitrogens is 1. The predicted molar refractivity (Wildman–Crippen MR) is 96.1 cm³/mol. The zero-order valence-electron chi connectivity index (χ0n) is 14.8. The van der Waals surface area contributed by atoms with Crippen molar-refractivity contribution in [3.63, 3.8) is 0 Å². The molecule has 0 aliphatic heterocycles. The summed E-state index contributed by atoms with van der Waals surface area (Å²) >= 11 is 0. The van der Waals surface area contributed by atoms with Gasteiger partial charge in [-0.1, -0.05) is 39.8 Å². The van der Waals surface area contributed by atoms with E-state index in [2.05, 4.69) is 41.2 Å². The first-order chi connectivity index (χ1) is 11.8. The molecule has 130 valence electrons. The Bertz CT molecular complexity index is 977. The predicted octanol–water partition coefficient (Wildman–Crippen LogP) is 2.53. The van der Waals surface area contributed by atoms with Crippen LogP contribution in [0.1, 0.15) is 49.4 Å². The molecule has 7 heteroatoms. The van der Waals surface area contributed by atoms with Gasteiger partial charge in [-0.15, -0.1) is 5.10 Å². The number of aromatic nitrogens is 4. The number of hydrogen-bond donors (Lipinski definition) is 2. The van der Waals surface area contributed by atoms with Crippen molar-refractivity contribution in [1.82, 2.24) is 19.6 Å². The lowest BCUT2D eigenvalue weighted by atomic mass is 9.87. The zero-order chi connectivity index (χ0) is 18.2. The fourth-order valence-corrected chi connectivity index (χ4v) is 2.48. The van der Waals surface area contributed by atoms with Crippen LogP contribution in [0.25, 0.3) is 5.78 Å². The minimum absolute atomic E-state index is 0.0190. The summed E-state index contributed by atoms with van der Waals surface area (Å²) in [5, 5.41) is 7.03. The average Bonchev–Trinajstić information content (AvgIpc) is 2.97. The van der Waals surface area contributed by atoms with Gasteiger partial charge in [0.15, 0.2) is 5.82 Å². The van der Waals surface area contributed by atoms with Crippen molar-refractivity contribution in [1.29, 1.82) is 0 Å². The molecule has 7 nitrogen and oxygen atoms in total. The van der Waals surface area contributed by atoms with Crippen molar-refractivity contribution >= 4 is 17.5 Å². The highest BCUT2D eigenvalue weighted by atomic mass is 16.2. The number of carbonyl (C=O) groups excluding carboxylic acids is 1. The van der Waals surface area contributed by atoms with Gasteiger partial charge in [-0.2, -0.15) is 9.50 Å². The van der Waals surface area contributed by atoms with Crippen LogP contribution in [0, 0.1) is 0 Å². The molecule has 25 heavy (non-hydrogen) atoms. The highest BCUT2D eigenvalue weighted by molar-refractivity contribution is 6.03. The third-order valence-corrected chi connectivity index (χ3v) is 3.95. The third-order valence-electron chi connectivity index (χ3n) is 3.95. The molecule has 0 fully saturated rings. The van der Waals surface area contributed by atoms with E-state index in [0.717, 1.165) is 5.56 Å². The molecule has 1 amide bonds. The average molecular weight is 339 g/mol. The Balaban J connectivity index is 1.91. The van der Waals surface area contributed by atoms with E-state index in [4.69, 9.17) is 0 Å². The van der Waals surface area contributed by atoms with Crippen LogP contribution < -0.4 is 10.9 Å². The first-order valence-electron chi connectivity index (χ1n) is 8.19. The Labute approximate surface area is 145 Å². The molecule has 0 bridgehead atoms. The molecule has 0 atom stereocenters. The van der Waals surface area contributed by atoms with E-state index in [1.165, 1.54) is 10.6 Å². The maximum Gasteiger partial charge on any atom is 0.256 e. The van der Waals surface area contributed by atoms with Crippen LogP contribution in [0.3, 0.4) is 0 Å². The summed E-state index contributed by atoms with van der Waals surface area (Å²) in [4.78, 5) is 31.1. The molecule has 2 N–H and O–H groups in total. The van der Waals surface area contributed by atoms with Gasteiger partial charge in [0.2, 0.25) is 5.78 Å². The quantitative estimate of drug-likeness (QED) is 0.767. The largest absolute Gasteiger partial charge is 0.306 e. The molecule has 3 rings (SSSR count). The van der Waals surface area contributed by atoms with Crippen LogP contribution in [-0.4, -0.2) is 25.5 Å². The molecule has 2 heterocycles. The van der Waals surface area contributed by atoms with Gasteiger partial charge in [0.05, 0.1) is 0 Å². The molecule has 0 unspecified atom stereocenters.